The molecule has 2 nitrogen and oxygen atoms in total. The smallest absolute Gasteiger partial charge is 0.129 e. The Bertz CT molecular complexity index is 422. The third-order valence-electron chi connectivity index (χ3n) is 3.96. The van der Waals surface area contributed by atoms with E-state index >= 15 is 0 Å². The van der Waals surface area contributed by atoms with Gasteiger partial charge < -0.3 is 0 Å². The number of hydrogen-bond acceptors (Lipinski definition) is 2. The lowest BCUT2D eigenvalue weighted by Gasteiger charge is -2.41. The fourth-order valence-corrected chi connectivity index (χ4v) is 3.13. The SMILES string of the molecule is CC1CC(C)C(C)N(Cc2nc(Cl)ccc2Cl)C1. The van der Waals surface area contributed by atoms with Gasteiger partial charge in [-0.2, -0.15) is 0 Å². The second-order valence-corrected chi connectivity index (χ2v) is 6.35. The van der Waals surface area contributed by atoms with Crippen LogP contribution in [0.25, 0.3) is 0 Å². The zero-order valence-electron chi connectivity index (χ0n) is 11.2. The van der Waals surface area contributed by atoms with Crippen LogP contribution in [-0.2, 0) is 6.54 Å². The molecule has 1 aliphatic rings. The van der Waals surface area contributed by atoms with Gasteiger partial charge in [-0.3, -0.25) is 4.90 Å². The topological polar surface area (TPSA) is 16.1 Å². The van der Waals surface area contributed by atoms with Gasteiger partial charge in [-0.05, 0) is 37.3 Å². The second kappa shape index (κ2) is 5.77. The lowest BCUT2D eigenvalue weighted by Crippen LogP contribution is -2.45. The highest BCUT2D eigenvalue weighted by Gasteiger charge is 2.29. The van der Waals surface area contributed by atoms with Crippen molar-refractivity contribution in [2.45, 2.75) is 39.8 Å². The van der Waals surface area contributed by atoms with Gasteiger partial charge in [-0.1, -0.05) is 37.0 Å². The van der Waals surface area contributed by atoms with Crippen molar-refractivity contribution in [1.29, 1.82) is 0 Å². The number of hydrogen-bond donors (Lipinski definition) is 0. The van der Waals surface area contributed by atoms with Crippen molar-refractivity contribution in [1.82, 2.24) is 9.88 Å². The van der Waals surface area contributed by atoms with E-state index in [0.717, 1.165) is 24.7 Å². The Morgan fingerprint density at radius 1 is 1.28 bits per heavy atom. The fraction of sp³-hybridized carbons (Fsp3) is 0.643. The fourth-order valence-electron chi connectivity index (χ4n) is 2.80. The Morgan fingerprint density at radius 3 is 2.72 bits per heavy atom. The lowest BCUT2D eigenvalue weighted by molar-refractivity contribution is 0.0719. The minimum absolute atomic E-state index is 0.514. The molecule has 2 heterocycles. The molecule has 0 bridgehead atoms. The zero-order chi connectivity index (χ0) is 13.3. The molecule has 1 aliphatic heterocycles. The van der Waals surface area contributed by atoms with Crippen LogP contribution >= 0.6 is 23.2 Å². The predicted octanol–water partition coefficient (Wildman–Crippen LogP) is 4.25. The molecule has 1 fully saturated rings. The molecule has 2 rings (SSSR count). The average molecular weight is 287 g/mol. The first-order valence-electron chi connectivity index (χ1n) is 6.52. The van der Waals surface area contributed by atoms with Gasteiger partial charge in [0.05, 0.1) is 10.7 Å². The maximum atomic E-state index is 6.19. The van der Waals surface area contributed by atoms with Crippen molar-refractivity contribution in [3.05, 3.63) is 28.0 Å². The van der Waals surface area contributed by atoms with Crippen LogP contribution < -0.4 is 0 Å². The molecular weight excluding hydrogens is 267 g/mol. The number of halogens is 2. The number of nitrogens with zero attached hydrogens (tertiary/aromatic N) is 2. The summed E-state index contributed by atoms with van der Waals surface area (Å²) in [7, 11) is 0. The summed E-state index contributed by atoms with van der Waals surface area (Å²) in [5.41, 5.74) is 0.886. The highest BCUT2D eigenvalue weighted by Crippen LogP contribution is 2.29. The molecule has 0 aliphatic carbocycles. The monoisotopic (exact) mass is 286 g/mol. The minimum Gasteiger partial charge on any atom is -0.294 e. The number of likely N-dealkylation sites (tertiary alicyclic amines) is 1. The average Bonchev–Trinajstić information content (AvgIpc) is 2.30. The van der Waals surface area contributed by atoms with E-state index in [1.54, 1.807) is 6.07 Å². The molecule has 0 spiro atoms. The van der Waals surface area contributed by atoms with Crippen LogP contribution in [0.5, 0.6) is 0 Å². The maximum absolute atomic E-state index is 6.19. The van der Waals surface area contributed by atoms with Crippen LogP contribution in [0.3, 0.4) is 0 Å². The van der Waals surface area contributed by atoms with Gasteiger partial charge in [-0.15, -0.1) is 0 Å². The Labute approximate surface area is 119 Å². The van der Waals surface area contributed by atoms with Gasteiger partial charge in [-0.25, -0.2) is 4.98 Å². The van der Waals surface area contributed by atoms with Crippen molar-refractivity contribution in [3.8, 4) is 0 Å². The van der Waals surface area contributed by atoms with Gasteiger partial charge in [0.25, 0.3) is 0 Å². The highest BCUT2D eigenvalue weighted by atomic mass is 35.5. The number of rotatable bonds is 2. The molecule has 3 atom stereocenters. The summed E-state index contributed by atoms with van der Waals surface area (Å²) in [5.74, 6) is 1.45. The predicted molar refractivity (Wildman–Crippen MR) is 77.1 cm³/mol. The standard InChI is InChI=1S/C14H20Cl2N2/c1-9-6-10(2)11(3)18(7-9)8-13-12(15)4-5-14(16)17-13/h4-5,9-11H,6-8H2,1-3H3. The number of piperidine rings is 1. The Kier molecular flexibility index (Phi) is 4.52. The third-order valence-corrected chi connectivity index (χ3v) is 4.51. The van der Waals surface area contributed by atoms with Crippen molar-refractivity contribution in [2.75, 3.05) is 6.54 Å². The number of pyridine rings is 1. The van der Waals surface area contributed by atoms with E-state index in [9.17, 15) is 0 Å². The van der Waals surface area contributed by atoms with E-state index in [0.29, 0.717) is 22.1 Å². The molecular formula is C14H20Cl2N2. The first-order valence-corrected chi connectivity index (χ1v) is 7.28. The third kappa shape index (κ3) is 3.17. The van der Waals surface area contributed by atoms with E-state index in [1.807, 2.05) is 6.07 Å². The molecule has 100 valence electrons. The molecule has 18 heavy (non-hydrogen) atoms. The highest BCUT2D eigenvalue weighted by molar-refractivity contribution is 6.32. The van der Waals surface area contributed by atoms with Gasteiger partial charge >= 0.3 is 0 Å². The van der Waals surface area contributed by atoms with Crippen LogP contribution in [0.1, 0.15) is 32.9 Å². The van der Waals surface area contributed by atoms with E-state index in [-0.39, 0.29) is 0 Å². The molecule has 0 N–H and O–H groups in total. The summed E-state index contributed by atoms with van der Waals surface area (Å²) in [6, 6.07) is 4.13. The molecule has 3 unspecified atom stereocenters. The summed E-state index contributed by atoms with van der Waals surface area (Å²) in [4.78, 5) is 6.80. The normalized spacial score (nSPS) is 29.5. The molecule has 1 saturated heterocycles. The lowest BCUT2D eigenvalue weighted by atomic mass is 9.86. The quantitative estimate of drug-likeness (QED) is 0.756. The molecule has 0 aromatic carbocycles. The summed E-state index contributed by atoms with van der Waals surface area (Å²) in [5, 5.41) is 1.22. The molecule has 0 amide bonds. The van der Waals surface area contributed by atoms with Gasteiger partial charge in [0.15, 0.2) is 0 Å². The molecule has 0 radical (unpaired) electrons. The first-order chi connectivity index (χ1) is 8.47. The van der Waals surface area contributed by atoms with Crippen LogP contribution in [0.2, 0.25) is 10.2 Å². The summed E-state index contributed by atoms with van der Waals surface area (Å²) in [6.45, 7) is 8.81. The molecule has 0 saturated carbocycles. The van der Waals surface area contributed by atoms with E-state index in [4.69, 9.17) is 23.2 Å². The van der Waals surface area contributed by atoms with Gasteiger partial charge in [0.1, 0.15) is 5.15 Å². The van der Waals surface area contributed by atoms with Crippen molar-refractivity contribution < 1.29 is 0 Å². The first kappa shape index (κ1) is 14.1. The van der Waals surface area contributed by atoms with Crippen molar-refractivity contribution >= 4 is 23.2 Å². The second-order valence-electron chi connectivity index (χ2n) is 5.55. The van der Waals surface area contributed by atoms with Crippen molar-refractivity contribution in [2.24, 2.45) is 11.8 Å². The Morgan fingerprint density at radius 2 is 2.00 bits per heavy atom. The van der Waals surface area contributed by atoms with Gasteiger partial charge in [0, 0.05) is 19.1 Å². The van der Waals surface area contributed by atoms with Crippen LogP contribution in [-0.4, -0.2) is 22.5 Å². The summed E-state index contributed by atoms with van der Waals surface area (Å²) in [6.07, 6.45) is 1.30. The number of aromatic nitrogens is 1. The Hall–Kier alpha value is -0.310. The maximum Gasteiger partial charge on any atom is 0.129 e. The van der Waals surface area contributed by atoms with Gasteiger partial charge in [0.2, 0.25) is 0 Å². The van der Waals surface area contributed by atoms with E-state index < -0.39 is 0 Å². The summed E-state index contributed by atoms with van der Waals surface area (Å²) < 4.78 is 0. The molecule has 1 aromatic heterocycles. The van der Waals surface area contributed by atoms with E-state index in [1.165, 1.54) is 6.42 Å². The van der Waals surface area contributed by atoms with Crippen molar-refractivity contribution in [3.63, 3.8) is 0 Å². The molecule has 1 aromatic rings. The van der Waals surface area contributed by atoms with Crippen LogP contribution in [0.4, 0.5) is 0 Å². The minimum atomic E-state index is 0.514. The largest absolute Gasteiger partial charge is 0.294 e. The Balaban J connectivity index is 2.14. The zero-order valence-corrected chi connectivity index (χ0v) is 12.7. The molecule has 4 heteroatoms. The van der Waals surface area contributed by atoms with E-state index in [2.05, 4.69) is 30.7 Å². The van der Waals surface area contributed by atoms with Crippen LogP contribution in [0, 0.1) is 11.8 Å². The van der Waals surface area contributed by atoms with Crippen LogP contribution in [0.15, 0.2) is 12.1 Å². The summed E-state index contributed by atoms with van der Waals surface area (Å²) >= 11 is 12.1.